The van der Waals surface area contributed by atoms with Crippen LogP contribution < -0.4 is 0 Å². The topological polar surface area (TPSA) is 26.3 Å². The third-order valence-electron chi connectivity index (χ3n) is 1.44. The van der Waals surface area contributed by atoms with Crippen molar-refractivity contribution in [3.05, 3.63) is 0 Å². The molecular formula is C6H8F2O2. The molecule has 0 aromatic carbocycles. The molecule has 1 aliphatic rings. The fraction of sp³-hybridized carbons (Fsp3) is 0.833. The van der Waals surface area contributed by atoms with Crippen LogP contribution in [0.1, 0.15) is 12.8 Å². The summed E-state index contributed by atoms with van der Waals surface area (Å²) < 4.78 is 28.6. The Kier molecular flexibility index (Phi) is 2.19. The van der Waals surface area contributed by atoms with E-state index in [9.17, 15) is 13.6 Å². The molecule has 2 nitrogen and oxygen atoms in total. The Morgan fingerprint density at radius 2 is 2.40 bits per heavy atom. The maximum Gasteiger partial charge on any atom is 0.309 e. The van der Waals surface area contributed by atoms with Crippen molar-refractivity contribution in [1.82, 2.24) is 0 Å². The molecule has 0 radical (unpaired) electrons. The molecule has 4 heteroatoms. The Hall–Kier alpha value is -0.670. The van der Waals surface area contributed by atoms with Crippen LogP contribution >= 0.6 is 0 Å². The van der Waals surface area contributed by atoms with Gasteiger partial charge < -0.3 is 4.74 Å². The molecule has 0 amide bonds. The third kappa shape index (κ3) is 1.43. The molecule has 0 spiro atoms. The van der Waals surface area contributed by atoms with Gasteiger partial charge in [-0.1, -0.05) is 0 Å². The largest absolute Gasteiger partial charge is 0.459 e. The van der Waals surface area contributed by atoms with Gasteiger partial charge in [0.2, 0.25) is 0 Å². The van der Waals surface area contributed by atoms with E-state index in [0.717, 1.165) is 0 Å². The lowest BCUT2D eigenvalue weighted by Crippen LogP contribution is -2.17. The van der Waals surface area contributed by atoms with Crippen molar-refractivity contribution in [2.75, 3.05) is 6.67 Å². The van der Waals surface area contributed by atoms with Crippen molar-refractivity contribution in [3.63, 3.8) is 0 Å². The first kappa shape index (κ1) is 7.44. The lowest BCUT2D eigenvalue weighted by molar-refractivity contribution is -0.141. The summed E-state index contributed by atoms with van der Waals surface area (Å²) in [5.74, 6) is -0.564. The van der Waals surface area contributed by atoms with Crippen molar-refractivity contribution >= 4 is 5.97 Å². The highest BCUT2D eigenvalue weighted by atomic mass is 19.1. The Bertz CT molecular complexity index is 138. The van der Waals surface area contributed by atoms with Gasteiger partial charge in [-0.2, -0.15) is 0 Å². The highest BCUT2D eigenvalue weighted by Gasteiger charge is 2.34. The number of cyclic esters (lactones) is 1. The molecule has 0 bridgehead atoms. The van der Waals surface area contributed by atoms with E-state index < -0.39 is 24.9 Å². The van der Waals surface area contributed by atoms with Crippen LogP contribution in [0, 0.1) is 0 Å². The Morgan fingerprint density at radius 1 is 1.70 bits per heavy atom. The molecule has 0 aliphatic carbocycles. The predicted octanol–water partition coefficient (Wildman–Crippen LogP) is 1.000. The molecule has 2 atom stereocenters. The summed E-state index contributed by atoms with van der Waals surface area (Å²) in [4.78, 5) is 10.4. The van der Waals surface area contributed by atoms with Crippen molar-refractivity contribution in [2.24, 2.45) is 0 Å². The zero-order chi connectivity index (χ0) is 7.56. The summed E-state index contributed by atoms with van der Waals surface area (Å²) in [6, 6.07) is 0. The molecule has 0 saturated carbocycles. The lowest BCUT2D eigenvalue weighted by Gasteiger charge is -2.07. The minimum Gasteiger partial charge on any atom is -0.459 e. The fourth-order valence-electron chi connectivity index (χ4n) is 0.929. The molecule has 0 aromatic rings. The zero-order valence-corrected chi connectivity index (χ0v) is 5.35. The molecule has 0 N–H and O–H groups in total. The van der Waals surface area contributed by atoms with Gasteiger partial charge in [-0.3, -0.25) is 9.18 Å². The van der Waals surface area contributed by atoms with Crippen LogP contribution in [0.5, 0.6) is 0 Å². The van der Waals surface area contributed by atoms with Crippen LogP contribution in [0.15, 0.2) is 0 Å². The van der Waals surface area contributed by atoms with Crippen LogP contribution in [0.25, 0.3) is 0 Å². The fourth-order valence-corrected chi connectivity index (χ4v) is 0.929. The van der Waals surface area contributed by atoms with Crippen LogP contribution in [0.2, 0.25) is 0 Å². The van der Waals surface area contributed by atoms with Crippen molar-refractivity contribution < 1.29 is 18.3 Å². The van der Waals surface area contributed by atoms with Gasteiger partial charge in [-0.25, -0.2) is 4.39 Å². The van der Waals surface area contributed by atoms with Crippen LogP contribution in [-0.4, -0.2) is 24.9 Å². The maximum absolute atomic E-state index is 12.5. The van der Waals surface area contributed by atoms with Crippen molar-refractivity contribution in [3.8, 4) is 0 Å². The number of hydrogen-bond acceptors (Lipinski definition) is 2. The first-order chi connectivity index (χ1) is 4.74. The van der Waals surface area contributed by atoms with Gasteiger partial charge in [0.05, 0.1) is 13.1 Å². The van der Waals surface area contributed by atoms with Crippen molar-refractivity contribution in [2.45, 2.75) is 25.1 Å². The van der Waals surface area contributed by atoms with E-state index in [-0.39, 0.29) is 12.8 Å². The molecular weight excluding hydrogens is 142 g/mol. The molecule has 1 rings (SSSR count). The van der Waals surface area contributed by atoms with Gasteiger partial charge in [0.25, 0.3) is 0 Å². The molecule has 10 heavy (non-hydrogen) atoms. The van der Waals surface area contributed by atoms with E-state index in [1.807, 2.05) is 0 Å². The van der Waals surface area contributed by atoms with E-state index in [0.29, 0.717) is 0 Å². The molecule has 0 aromatic heterocycles. The Labute approximate surface area is 57.2 Å². The van der Waals surface area contributed by atoms with Gasteiger partial charge in [0.15, 0.2) is 0 Å². The van der Waals surface area contributed by atoms with E-state index in [4.69, 9.17) is 0 Å². The summed E-state index contributed by atoms with van der Waals surface area (Å²) >= 11 is 0. The summed E-state index contributed by atoms with van der Waals surface area (Å²) in [5, 5.41) is 0. The van der Waals surface area contributed by atoms with E-state index in [1.165, 1.54) is 0 Å². The standard InChI is InChI=1S/C6H8F2O2/c7-2-1-5-4(8)3-6(9)10-5/h4-5H,1-3H2. The second-order valence-electron chi connectivity index (χ2n) is 2.23. The number of alkyl halides is 2. The smallest absolute Gasteiger partial charge is 0.309 e. The van der Waals surface area contributed by atoms with E-state index in [2.05, 4.69) is 4.74 Å². The normalized spacial score (nSPS) is 32.4. The summed E-state index contributed by atoms with van der Waals surface area (Å²) in [6.45, 7) is -0.641. The van der Waals surface area contributed by atoms with E-state index >= 15 is 0 Å². The minimum absolute atomic E-state index is 0.0209. The molecule has 1 fully saturated rings. The van der Waals surface area contributed by atoms with Crippen LogP contribution in [0.4, 0.5) is 8.78 Å². The first-order valence-electron chi connectivity index (χ1n) is 3.13. The maximum atomic E-state index is 12.5. The highest BCUT2D eigenvalue weighted by molar-refractivity contribution is 5.72. The van der Waals surface area contributed by atoms with Gasteiger partial charge in [0, 0.05) is 6.42 Å². The Balaban J connectivity index is 2.38. The number of rotatable bonds is 2. The minimum atomic E-state index is -1.30. The van der Waals surface area contributed by atoms with Gasteiger partial charge in [0.1, 0.15) is 12.3 Å². The zero-order valence-electron chi connectivity index (χ0n) is 5.35. The summed E-state index contributed by atoms with van der Waals surface area (Å²) in [6.07, 6.45) is -2.38. The highest BCUT2D eigenvalue weighted by Crippen LogP contribution is 2.20. The number of carbonyl (C=O) groups excluding carboxylic acids is 1. The average molecular weight is 150 g/mol. The summed E-state index contributed by atoms with van der Waals surface area (Å²) in [5.41, 5.74) is 0. The van der Waals surface area contributed by atoms with Gasteiger partial charge in [-0.05, 0) is 0 Å². The summed E-state index contributed by atoms with van der Waals surface area (Å²) in [7, 11) is 0. The molecule has 1 heterocycles. The molecule has 1 aliphatic heterocycles. The quantitative estimate of drug-likeness (QED) is 0.549. The molecule has 1 saturated heterocycles. The molecule has 58 valence electrons. The first-order valence-corrected chi connectivity index (χ1v) is 3.13. The van der Waals surface area contributed by atoms with E-state index in [1.54, 1.807) is 0 Å². The second kappa shape index (κ2) is 2.94. The van der Waals surface area contributed by atoms with Gasteiger partial charge in [-0.15, -0.1) is 0 Å². The number of halogens is 2. The third-order valence-corrected chi connectivity index (χ3v) is 1.44. The number of esters is 1. The second-order valence-corrected chi connectivity index (χ2v) is 2.23. The lowest BCUT2D eigenvalue weighted by atomic mass is 10.2. The molecule has 2 unspecified atom stereocenters. The van der Waals surface area contributed by atoms with Gasteiger partial charge >= 0.3 is 5.97 Å². The number of hydrogen-bond donors (Lipinski definition) is 0. The van der Waals surface area contributed by atoms with Crippen LogP contribution in [0.3, 0.4) is 0 Å². The monoisotopic (exact) mass is 150 g/mol. The average Bonchev–Trinajstić information content (AvgIpc) is 2.13. The Morgan fingerprint density at radius 3 is 2.80 bits per heavy atom. The SMILES string of the molecule is O=C1CC(F)C(CCF)O1. The predicted molar refractivity (Wildman–Crippen MR) is 30.0 cm³/mol. The number of ether oxygens (including phenoxy) is 1. The van der Waals surface area contributed by atoms with Crippen LogP contribution in [-0.2, 0) is 9.53 Å². The number of carbonyl (C=O) groups is 1. The van der Waals surface area contributed by atoms with Crippen molar-refractivity contribution in [1.29, 1.82) is 0 Å².